The van der Waals surface area contributed by atoms with Gasteiger partial charge >= 0.3 is 5.97 Å². The molecule has 0 unspecified atom stereocenters. The van der Waals surface area contributed by atoms with Crippen LogP contribution in [0.25, 0.3) is 4.96 Å². The van der Waals surface area contributed by atoms with Gasteiger partial charge in [0.15, 0.2) is 0 Å². The Morgan fingerprint density at radius 2 is 2.22 bits per heavy atom. The molecule has 0 bridgehead atoms. The first-order valence-electron chi connectivity index (χ1n) is 7.76. The molecule has 0 radical (unpaired) electrons. The van der Waals surface area contributed by atoms with Gasteiger partial charge in [-0.25, -0.2) is 4.98 Å². The number of rotatable bonds is 9. The number of nitrogens with zero attached hydrogens (tertiary/aromatic N) is 3. The predicted molar refractivity (Wildman–Crippen MR) is 86.7 cm³/mol. The Morgan fingerprint density at radius 3 is 2.96 bits per heavy atom. The number of ether oxygens (including phenoxy) is 2. The third kappa shape index (κ3) is 5.11. The molecule has 0 N–H and O–H groups in total. The number of hydrogen-bond donors (Lipinski definition) is 0. The molecule has 0 fully saturated rings. The van der Waals surface area contributed by atoms with E-state index in [9.17, 15) is 9.59 Å². The van der Waals surface area contributed by atoms with Crippen molar-refractivity contribution in [1.82, 2.24) is 14.6 Å². The molecule has 0 saturated carbocycles. The van der Waals surface area contributed by atoms with E-state index in [0.29, 0.717) is 36.7 Å². The summed E-state index contributed by atoms with van der Waals surface area (Å²) in [6.45, 7) is 5.17. The Labute approximate surface area is 138 Å². The molecule has 0 aliphatic rings. The van der Waals surface area contributed by atoms with Crippen molar-refractivity contribution in [3.05, 3.63) is 27.1 Å². The van der Waals surface area contributed by atoms with Crippen molar-refractivity contribution in [3.63, 3.8) is 0 Å². The highest BCUT2D eigenvalue weighted by Gasteiger charge is 2.10. The molecular weight excluding hydrogens is 318 g/mol. The summed E-state index contributed by atoms with van der Waals surface area (Å²) < 4.78 is 11.7. The number of hydrogen-bond acceptors (Lipinski definition) is 7. The number of aromatic nitrogens is 3. The van der Waals surface area contributed by atoms with Crippen molar-refractivity contribution in [2.45, 2.75) is 46.1 Å². The summed E-state index contributed by atoms with van der Waals surface area (Å²) in [5.74, 6) is -0.268. The highest BCUT2D eigenvalue weighted by Crippen LogP contribution is 2.12. The highest BCUT2D eigenvalue weighted by molar-refractivity contribution is 7.16. The van der Waals surface area contributed by atoms with Crippen LogP contribution < -0.4 is 5.56 Å². The Balaban J connectivity index is 2.04. The van der Waals surface area contributed by atoms with Crippen molar-refractivity contribution in [2.24, 2.45) is 0 Å². The van der Waals surface area contributed by atoms with Gasteiger partial charge < -0.3 is 9.47 Å². The Hall–Kier alpha value is -1.80. The van der Waals surface area contributed by atoms with Gasteiger partial charge in [-0.1, -0.05) is 24.7 Å². The molecule has 2 rings (SSSR count). The first kappa shape index (κ1) is 17.6. The molecule has 23 heavy (non-hydrogen) atoms. The lowest BCUT2D eigenvalue weighted by Crippen LogP contribution is -2.16. The van der Waals surface area contributed by atoms with E-state index in [1.807, 2.05) is 13.8 Å². The van der Waals surface area contributed by atoms with Crippen LogP contribution in [-0.2, 0) is 27.3 Å². The van der Waals surface area contributed by atoms with Crippen molar-refractivity contribution in [3.8, 4) is 0 Å². The minimum atomic E-state index is -0.270. The fraction of sp³-hybridized carbons (Fsp3) is 0.600. The zero-order valence-electron chi connectivity index (χ0n) is 13.4. The molecule has 0 saturated heterocycles. The number of fused-ring (bicyclic) bond motifs is 1. The largest absolute Gasteiger partial charge is 0.459 e. The smallest absolute Gasteiger partial charge is 0.306 e. The van der Waals surface area contributed by atoms with Crippen LogP contribution in [0.1, 0.15) is 43.8 Å². The standard InChI is InChI=1S/C15H21N3O4S/c1-3-5-6-14(20)22-10-11-9-13(19)18-15(16-11)23-12(17-18)7-8-21-4-2/h9H,3-8,10H2,1-2H3. The fourth-order valence-corrected chi connectivity index (χ4v) is 2.82. The minimum Gasteiger partial charge on any atom is -0.459 e. The van der Waals surface area contributed by atoms with Gasteiger partial charge in [0, 0.05) is 25.5 Å². The lowest BCUT2D eigenvalue weighted by Gasteiger charge is -2.03. The van der Waals surface area contributed by atoms with Crippen LogP contribution >= 0.6 is 11.3 Å². The van der Waals surface area contributed by atoms with Crippen LogP contribution in [0.4, 0.5) is 0 Å². The number of carbonyl (C=O) groups is 1. The molecule has 0 amide bonds. The second-order valence-electron chi connectivity index (χ2n) is 4.99. The van der Waals surface area contributed by atoms with Gasteiger partial charge in [0.05, 0.1) is 12.3 Å². The first-order valence-corrected chi connectivity index (χ1v) is 8.57. The van der Waals surface area contributed by atoms with E-state index in [0.717, 1.165) is 17.8 Å². The maximum Gasteiger partial charge on any atom is 0.306 e. The fourth-order valence-electron chi connectivity index (χ4n) is 1.92. The van der Waals surface area contributed by atoms with Gasteiger partial charge in [-0.05, 0) is 13.3 Å². The van der Waals surface area contributed by atoms with Crippen LogP contribution in [0, 0.1) is 0 Å². The molecule has 8 heteroatoms. The summed E-state index contributed by atoms with van der Waals surface area (Å²) in [6.07, 6.45) is 2.76. The second kappa shape index (κ2) is 8.73. The second-order valence-corrected chi connectivity index (χ2v) is 6.03. The van der Waals surface area contributed by atoms with Gasteiger partial charge in [0.2, 0.25) is 4.96 Å². The van der Waals surface area contributed by atoms with E-state index in [-0.39, 0.29) is 18.1 Å². The van der Waals surface area contributed by atoms with E-state index >= 15 is 0 Å². The SMILES string of the molecule is CCCCC(=O)OCc1cc(=O)n2nc(CCOCC)sc2n1. The summed E-state index contributed by atoms with van der Waals surface area (Å²) in [5.41, 5.74) is 0.174. The van der Waals surface area contributed by atoms with E-state index in [2.05, 4.69) is 10.1 Å². The minimum absolute atomic E-state index is 0.0144. The third-order valence-electron chi connectivity index (χ3n) is 3.12. The molecule has 0 atom stereocenters. The van der Waals surface area contributed by atoms with Gasteiger partial charge in [-0.15, -0.1) is 0 Å². The van der Waals surface area contributed by atoms with Gasteiger partial charge in [0.1, 0.15) is 11.6 Å². The van der Waals surface area contributed by atoms with Crippen LogP contribution in [-0.4, -0.2) is 33.8 Å². The lowest BCUT2D eigenvalue weighted by molar-refractivity contribution is -0.145. The monoisotopic (exact) mass is 339 g/mol. The molecule has 2 aromatic rings. The quantitative estimate of drug-likeness (QED) is 0.513. The molecule has 2 heterocycles. The summed E-state index contributed by atoms with van der Waals surface area (Å²) in [7, 11) is 0. The first-order chi connectivity index (χ1) is 11.1. The maximum atomic E-state index is 12.1. The number of unbranched alkanes of at least 4 members (excludes halogenated alkanes) is 1. The predicted octanol–water partition coefficient (Wildman–Crippen LogP) is 1.96. The number of esters is 1. The molecule has 0 aliphatic heterocycles. The van der Waals surface area contributed by atoms with Crippen molar-refractivity contribution >= 4 is 22.3 Å². The molecule has 126 valence electrons. The van der Waals surface area contributed by atoms with Crippen LogP contribution in [0.2, 0.25) is 0 Å². The molecular formula is C15H21N3O4S. The van der Waals surface area contributed by atoms with Gasteiger partial charge in [-0.2, -0.15) is 9.61 Å². The Morgan fingerprint density at radius 1 is 1.39 bits per heavy atom. The van der Waals surface area contributed by atoms with Gasteiger partial charge in [0.25, 0.3) is 5.56 Å². The van der Waals surface area contributed by atoms with Crippen molar-refractivity contribution < 1.29 is 14.3 Å². The summed E-state index contributed by atoms with van der Waals surface area (Å²) in [5, 5.41) is 5.03. The van der Waals surface area contributed by atoms with E-state index in [1.165, 1.54) is 21.9 Å². The van der Waals surface area contributed by atoms with E-state index in [4.69, 9.17) is 9.47 Å². The van der Waals surface area contributed by atoms with Crippen LogP contribution in [0.15, 0.2) is 10.9 Å². The van der Waals surface area contributed by atoms with Gasteiger partial charge in [-0.3, -0.25) is 9.59 Å². The van der Waals surface area contributed by atoms with Crippen LogP contribution in [0.3, 0.4) is 0 Å². The molecule has 0 spiro atoms. The average molecular weight is 339 g/mol. The highest BCUT2D eigenvalue weighted by atomic mass is 32.1. The normalized spacial score (nSPS) is 11.0. The van der Waals surface area contributed by atoms with E-state index < -0.39 is 0 Å². The summed E-state index contributed by atoms with van der Waals surface area (Å²) in [4.78, 5) is 28.4. The summed E-state index contributed by atoms with van der Waals surface area (Å²) >= 11 is 1.34. The maximum absolute atomic E-state index is 12.1. The Bertz CT molecular complexity index is 710. The molecule has 0 aliphatic carbocycles. The zero-order valence-corrected chi connectivity index (χ0v) is 14.2. The average Bonchev–Trinajstić information content (AvgIpc) is 2.94. The zero-order chi connectivity index (χ0) is 16.7. The lowest BCUT2D eigenvalue weighted by atomic mass is 10.2. The molecule has 2 aromatic heterocycles. The molecule has 0 aromatic carbocycles. The van der Waals surface area contributed by atoms with Crippen molar-refractivity contribution in [1.29, 1.82) is 0 Å². The van der Waals surface area contributed by atoms with Crippen molar-refractivity contribution in [2.75, 3.05) is 13.2 Å². The third-order valence-corrected chi connectivity index (χ3v) is 4.09. The van der Waals surface area contributed by atoms with E-state index in [1.54, 1.807) is 0 Å². The number of carbonyl (C=O) groups excluding carboxylic acids is 1. The topological polar surface area (TPSA) is 82.8 Å². The Kier molecular flexibility index (Phi) is 6.66. The molecule has 7 nitrogen and oxygen atoms in total. The van der Waals surface area contributed by atoms with Crippen LogP contribution in [0.5, 0.6) is 0 Å². The summed E-state index contributed by atoms with van der Waals surface area (Å²) in [6, 6.07) is 1.35.